The van der Waals surface area contributed by atoms with Crippen molar-refractivity contribution in [3.63, 3.8) is 0 Å². The molecular weight excluding hydrogens is 1020 g/mol. The summed E-state index contributed by atoms with van der Waals surface area (Å²) in [6.07, 6.45) is 4.07. The van der Waals surface area contributed by atoms with E-state index in [2.05, 4.69) is 30.9 Å². The van der Waals surface area contributed by atoms with Gasteiger partial charge in [-0.15, -0.1) is 29.6 Å². The van der Waals surface area contributed by atoms with Crippen molar-refractivity contribution in [2.24, 2.45) is 0 Å². The zero-order valence-corrected chi connectivity index (χ0v) is 34.0. The number of anilines is 5. The van der Waals surface area contributed by atoms with Crippen LogP contribution in [0.15, 0.2) is 36.4 Å². The number of aromatic hydroxyl groups is 2. The molecule has 0 aliphatic heterocycles. The molecule has 0 spiro atoms. The van der Waals surface area contributed by atoms with Gasteiger partial charge in [-0.3, -0.25) is 0 Å². The van der Waals surface area contributed by atoms with E-state index in [1.165, 1.54) is 30.3 Å². The van der Waals surface area contributed by atoms with Gasteiger partial charge >= 0.3 is 0 Å². The number of carbonyl (C=O) groups excluding carboxylic acids is 2. The largest absolute Gasteiger partial charge is 0.508 e. The molecule has 2 aromatic carbocycles. The Balaban J connectivity index is 0.00000380. The Morgan fingerprint density at radius 3 is 1.97 bits per heavy atom. The average Bonchev–Trinajstić information content (AvgIpc) is 2.88. The molecule has 13 nitrogen and oxygen atoms in total. The van der Waals surface area contributed by atoms with Gasteiger partial charge in [0.15, 0.2) is 0 Å². The summed E-state index contributed by atoms with van der Waals surface area (Å²) in [5.41, 5.74) is 1.43. The molecule has 1 aromatic heterocycles. The maximum absolute atomic E-state index is 10.7. The standard InChI is InChI=1S/C24H27N7O6.2Rf/c32-9-1-7-31(8-2-10-33)24-29-22(12-16-11-17(25-14-34)3-5-20(16)36)28-23(30-24)27-19-13-18(26-15-35)4-6-21(19)37;;/h3-6,11,13,32-33,36-37H,1-2,7-10,12H2,(H,25,34)(H,26,35)(H,27,28,29,30);;/q-2;;. The fraction of sp³-hybridized carbons (Fsp3) is 0.292. The number of aromatic nitrogens is 3. The average molecular weight is 1040 g/mol. The number of hydrogen-bond donors (Lipinski definition) is 7. The van der Waals surface area contributed by atoms with Crippen molar-refractivity contribution in [2.75, 3.05) is 47.2 Å². The second-order valence-corrected chi connectivity index (χ2v) is 7.85. The van der Waals surface area contributed by atoms with Crippen LogP contribution in [0, 0.1) is 0 Å². The van der Waals surface area contributed by atoms with Crippen molar-refractivity contribution < 1.29 is 30.0 Å². The molecule has 0 bridgehead atoms. The molecule has 0 saturated carbocycles. The third-order valence-corrected chi connectivity index (χ3v) is 5.19. The van der Waals surface area contributed by atoms with Gasteiger partial charge in [-0.2, -0.15) is 15.0 Å². The van der Waals surface area contributed by atoms with Crippen molar-refractivity contribution in [3.8, 4) is 11.5 Å². The number of benzene rings is 2. The van der Waals surface area contributed by atoms with Crippen molar-refractivity contribution in [3.05, 3.63) is 47.8 Å². The quantitative estimate of drug-likeness (QED) is 0.0501. The molecule has 0 atom stereocenters. The Labute approximate surface area is 212 Å². The molecule has 0 radical (unpaired) electrons. The van der Waals surface area contributed by atoms with Gasteiger partial charge in [0.05, 0.1) is 18.5 Å². The number of nitrogens with one attached hydrogen (secondary N) is 3. The van der Waals surface area contributed by atoms with Crippen molar-refractivity contribution in [1.82, 2.24) is 15.0 Å². The topological polar surface area (TPSA) is 193 Å². The fourth-order valence-corrected chi connectivity index (χ4v) is 3.45. The van der Waals surface area contributed by atoms with Gasteiger partial charge in [-0.25, -0.2) is 0 Å². The predicted octanol–water partition coefficient (Wildman–Crippen LogP) is 1.15. The number of rotatable bonds is 15. The minimum atomic E-state index is -0.126. The molecule has 3 rings (SSSR count). The molecule has 0 fully saturated rings. The zero-order chi connectivity index (χ0) is 26.6. The Kier molecular flexibility index (Phi) is 11.6. The Hall–Kier alpha value is -6.49. The normalized spacial score (nSPS) is 10.0. The van der Waals surface area contributed by atoms with Crippen LogP contribution in [0.3, 0.4) is 0 Å². The number of hydrogen-bond acceptors (Lipinski definition) is 11. The molecule has 2 amide bonds. The number of nitrogens with zero attached hydrogens (tertiary/aromatic N) is 4. The maximum atomic E-state index is 10.7. The first-order valence-electron chi connectivity index (χ1n) is 11.4. The van der Waals surface area contributed by atoms with Crippen LogP contribution in [0.4, 0.5) is 29.0 Å². The number of amides is 2. The summed E-state index contributed by atoms with van der Waals surface area (Å²) in [4.78, 5) is 36.6. The molecule has 200 valence electrons. The Morgan fingerprint density at radius 1 is 0.795 bits per heavy atom. The number of phenols is 2. The van der Waals surface area contributed by atoms with E-state index in [9.17, 15) is 30.0 Å². The summed E-state index contributed by atoms with van der Waals surface area (Å²) in [6, 6.07) is 8.83. The van der Waals surface area contributed by atoms with Gasteiger partial charge in [0.2, 0.25) is 11.9 Å². The first-order valence-corrected chi connectivity index (χ1v) is 11.4. The molecule has 0 saturated heterocycles. The predicted molar refractivity (Wildman–Crippen MR) is 136 cm³/mol. The van der Waals surface area contributed by atoms with Crippen LogP contribution >= 0.6 is 0 Å². The van der Waals surface area contributed by atoms with E-state index in [0.717, 1.165) is 0 Å². The summed E-state index contributed by atoms with van der Waals surface area (Å²) in [5.74, 6) is 0.406. The van der Waals surface area contributed by atoms with E-state index in [1.807, 2.05) is 0 Å². The molecule has 0 aliphatic rings. The van der Waals surface area contributed by atoms with Crippen LogP contribution in [0.1, 0.15) is 24.2 Å². The molecule has 39 heavy (non-hydrogen) atoms. The maximum Gasteiger partial charge on any atom is 0.232 e. The molecule has 1 heterocycles. The third-order valence-electron chi connectivity index (χ3n) is 5.19. The third kappa shape index (κ3) is 8.30. The Morgan fingerprint density at radius 2 is 1.38 bits per heavy atom. The van der Waals surface area contributed by atoms with Crippen molar-refractivity contribution >= 4 is 41.8 Å². The van der Waals surface area contributed by atoms with Crippen LogP contribution in [-0.2, 0) is 16.0 Å². The Bertz CT molecular complexity index is 1130. The van der Waals surface area contributed by atoms with Crippen LogP contribution in [0.5, 0.6) is 11.5 Å². The number of phenolic OH excluding ortho intramolecular Hbond substituents is 2. The first kappa shape index (κ1) is 30.5. The summed E-state index contributed by atoms with van der Waals surface area (Å²) < 4.78 is 0. The first-order chi connectivity index (χ1) is 18.0. The van der Waals surface area contributed by atoms with E-state index in [0.29, 0.717) is 42.9 Å². The summed E-state index contributed by atoms with van der Waals surface area (Å²) >= 11 is 0. The smallest absolute Gasteiger partial charge is 0.232 e. The van der Waals surface area contributed by atoms with Gasteiger partial charge in [0, 0.05) is 32.7 Å². The number of aliphatic hydroxyl groups excluding tert-OH is 2. The van der Waals surface area contributed by atoms with Gasteiger partial charge in [-0.1, -0.05) is 6.07 Å². The van der Waals surface area contributed by atoms with Crippen molar-refractivity contribution in [1.29, 1.82) is 0 Å². The van der Waals surface area contributed by atoms with Gasteiger partial charge in [0.25, 0.3) is 0 Å². The van der Waals surface area contributed by atoms with Gasteiger partial charge < -0.3 is 50.9 Å². The summed E-state index contributed by atoms with van der Waals surface area (Å²) in [6.45, 7) is 0.696. The molecule has 7 N–H and O–H groups in total. The van der Waals surface area contributed by atoms with Crippen LogP contribution in [0.25, 0.3) is 0 Å². The second-order valence-electron chi connectivity index (χ2n) is 7.85. The molecule has 0 unspecified atom stereocenters. The zero-order valence-electron chi connectivity index (χ0n) is 21.2. The van der Waals surface area contributed by atoms with E-state index in [1.54, 1.807) is 23.8 Å². The van der Waals surface area contributed by atoms with Gasteiger partial charge in [-0.05, 0) is 30.5 Å². The van der Waals surface area contributed by atoms with Crippen LogP contribution < -0.4 is 20.9 Å². The van der Waals surface area contributed by atoms with E-state index in [4.69, 9.17) is 0 Å². The number of aliphatic hydroxyl groups is 2. The molecule has 3 aromatic rings. The van der Waals surface area contributed by atoms with Crippen molar-refractivity contribution in [2.45, 2.75) is 19.3 Å². The van der Waals surface area contributed by atoms with Gasteiger partial charge in [0.1, 0.15) is 17.3 Å². The van der Waals surface area contributed by atoms with Crippen LogP contribution in [0.2, 0.25) is 0 Å². The minimum Gasteiger partial charge on any atom is -0.508 e. The van der Waals surface area contributed by atoms with E-state index < -0.39 is 0 Å². The SMILES string of the molecule is O=[C-]Nc1ccc(O)c(Cc2nc(Nc3cc(N[C-]=O)ccc3O)nc(N(CCCO)CCCO)n2)c1.[Rf].[Rf]. The second kappa shape index (κ2) is 14.8. The fourth-order valence-electron chi connectivity index (χ4n) is 3.45. The molecule has 15 heteroatoms. The van der Waals surface area contributed by atoms with E-state index >= 15 is 0 Å². The molecule has 0 aliphatic carbocycles. The minimum absolute atomic E-state index is 0. The molecular formula is C24H27N7O6Rf2-2. The van der Waals surface area contributed by atoms with Crippen LogP contribution in [-0.4, -0.2) is 74.5 Å². The monoisotopic (exact) mass is 1040 g/mol. The summed E-state index contributed by atoms with van der Waals surface area (Å²) in [7, 11) is 0. The summed E-state index contributed by atoms with van der Waals surface area (Å²) in [5, 5.41) is 47.0. The van der Waals surface area contributed by atoms with E-state index in [-0.39, 0.29) is 54.5 Å².